The molecule has 0 aliphatic carbocycles. The number of hydrogen-bond acceptors (Lipinski definition) is 1. The minimum atomic E-state index is 0.809. The quantitative estimate of drug-likeness (QED) is 0.672. The monoisotopic (exact) mass is 281 g/mol. The molecule has 0 saturated heterocycles. The van der Waals surface area contributed by atoms with Crippen LogP contribution in [0.25, 0.3) is 11.1 Å². The van der Waals surface area contributed by atoms with E-state index in [1.165, 1.54) is 36.1 Å². The van der Waals surface area contributed by atoms with Crippen molar-refractivity contribution in [3.05, 3.63) is 60.2 Å². The highest BCUT2D eigenvalue weighted by atomic mass is 15.1. The zero-order valence-corrected chi connectivity index (χ0v) is 13.5. The van der Waals surface area contributed by atoms with Crippen molar-refractivity contribution >= 4 is 0 Å². The van der Waals surface area contributed by atoms with Crippen LogP contribution in [0, 0.1) is 5.92 Å². The maximum atomic E-state index is 2.42. The maximum Gasteiger partial charge on any atom is 0.0230 e. The van der Waals surface area contributed by atoms with E-state index >= 15 is 0 Å². The summed E-state index contributed by atoms with van der Waals surface area (Å²) in [6, 6.07) is 19.5. The predicted molar refractivity (Wildman–Crippen MR) is 92.3 cm³/mol. The van der Waals surface area contributed by atoms with Gasteiger partial charge >= 0.3 is 0 Å². The molecule has 0 spiro atoms. The van der Waals surface area contributed by atoms with E-state index in [2.05, 4.69) is 80.4 Å². The first-order valence-electron chi connectivity index (χ1n) is 7.98. The first-order valence-corrected chi connectivity index (χ1v) is 7.98. The van der Waals surface area contributed by atoms with E-state index in [-0.39, 0.29) is 0 Å². The van der Waals surface area contributed by atoms with Gasteiger partial charge < -0.3 is 4.90 Å². The highest BCUT2D eigenvalue weighted by Gasteiger charge is 2.02. The van der Waals surface area contributed by atoms with E-state index in [0.29, 0.717) is 0 Å². The maximum absolute atomic E-state index is 2.42. The highest BCUT2D eigenvalue weighted by Crippen LogP contribution is 2.19. The van der Waals surface area contributed by atoms with Crippen molar-refractivity contribution in [3.63, 3.8) is 0 Å². The molecule has 0 aromatic heterocycles. The van der Waals surface area contributed by atoms with Gasteiger partial charge in [-0.1, -0.05) is 68.4 Å². The molecule has 0 amide bonds. The highest BCUT2D eigenvalue weighted by molar-refractivity contribution is 5.63. The molecule has 1 heteroatoms. The SMILES string of the molecule is CC(C)CCCN(C)Cc1ccc(-c2ccccc2)cc1. The minimum absolute atomic E-state index is 0.809. The molecule has 112 valence electrons. The molecule has 0 heterocycles. The summed E-state index contributed by atoms with van der Waals surface area (Å²) in [5, 5.41) is 0. The molecular formula is C20H27N. The Morgan fingerprint density at radius 3 is 2.10 bits per heavy atom. The lowest BCUT2D eigenvalue weighted by Crippen LogP contribution is -2.19. The number of nitrogens with zero attached hydrogens (tertiary/aromatic N) is 1. The predicted octanol–water partition coefficient (Wildman–Crippen LogP) is 5.22. The van der Waals surface area contributed by atoms with Crippen molar-refractivity contribution in [3.8, 4) is 11.1 Å². The van der Waals surface area contributed by atoms with Crippen LogP contribution in [0.4, 0.5) is 0 Å². The number of benzene rings is 2. The summed E-state index contributed by atoms with van der Waals surface area (Å²) < 4.78 is 0. The van der Waals surface area contributed by atoms with Crippen LogP contribution in [0.2, 0.25) is 0 Å². The van der Waals surface area contributed by atoms with Gasteiger partial charge in [0.2, 0.25) is 0 Å². The average molecular weight is 281 g/mol. The summed E-state index contributed by atoms with van der Waals surface area (Å²) in [6.45, 7) is 6.80. The molecule has 0 N–H and O–H groups in total. The molecule has 1 nitrogen and oxygen atoms in total. The van der Waals surface area contributed by atoms with E-state index < -0.39 is 0 Å². The number of rotatable bonds is 7. The minimum Gasteiger partial charge on any atom is -0.302 e. The van der Waals surface area contributed by atoms with Gasteiger partial charge in [0.25, 0.3) is 0 Å². The van der Waals surface area contributed by atoms with Crippen molar-refractivity contribution < 1.29 is 0 Å². The first-order chi connectivity index (χ1) is 10.1. The zero-order chi connectivity index (χ0) is 15.1. The lowest BCUT2D eigenvalue weighted by molar-refractivity contribution is 0.310. The molecule has 0 radical (unpaired) electrons. The van der Waals surface area contributed by atoms with E-state index in [1.54, 1.807) is 0 Å². The van der Waals surface area contributed by atoms with E-state index in [0.717, 1.165) is 12.5 Å². The fourth-order valence-electron chi connectivity index (χ4n) is 2.59. The Labute approximate surface area is 129 Å². The topological polar surface area (TPSA) is 3.24 Å². The third-order valence-electron chi connectivity index (χ3n) is 3.83. The second-order valence-corrected chi connectivity index (χ2v) is 6.34. The first kappa shape index (κ1) is 15.8. The molecule has 0 aliphatic heterocycles. The van der Waals surface area contributed by atoms with E-state index in [9.17, 15) is 0 Å². The van der Waals surface area contributed by atoms with Crippen LogP contribution in [0.3, 0.4) is 0 Å². The standard InChI is InChI=1S/C20H27N/c1-17(2)8-7-15-21(3)16-18-11-13-20(14-12-18)19-9-5-4-6-10-19/h4-6,9-14,17H,7-8,15-16H2,1-3H3. The molecule has 0 atom stereocenters. The second-order valence-electron chi connectivity index (χ2n) is 6.34. The van der Waals surface area contributed by atoms with Crippen molar-refractivity contribution in [1.29, 1.82) is 0 Å². The summed E-state index contributed by atoms with van der Waals surface area (Å²) >= 11 is 0. The molecule has 21 heavy (non-hydrogen) atoms. The summed E-state index contributed by atoms with van der Waals surface area (Å²) in [6.07, 6.45) is 2.60. The average Bonchev–Trinajstić information content (AvgIpc) is 2.48. The normalized spacial score (nSPS) is 11.3. The third-order valence-corrected chi connectivity index (χ3v) is 3.83. The van der Waals surface area contributed by atoms with Crippen LogP contribution in [-0.2, 0) is 6.54 Å². The van der Waals surface area contributed by atoms with Gasteiger partial charge in [-0.25, -0.2) is 0 Å². The van der Waals surface area contributed by atoms with Gasteiger partial charge in [0, 0.05) is 6.54 Å². The molecular weight excluding hydrogens is 254 g/mol. The number of hydrogen-bond donors (Lipinski definition) is 0. The molecule has 0 aliphatic rings. The summed E-state index contributed by atoms with van der Waals surface area (Å²) in [5.41, 5.74) is 3.97. The molecule has 0 bridgehead atoms. The summed E-state index contributed by atoms with van der Waals surface area (Å²) in [7, 11) is 2.21. The Balaban J connectivity index is 1.88. The van der Waals surface area contributed by atoms with Crippen molar-refractivity contribution in [2.24, 2.45) is 5.92 Å². The Kier molecular flexibility index (Phi) is 6.01. The van der Waals surface area contributed by atoms with Gasteiger partial charge in [-0.15, -0.1) is 0 Å². The van der Waals surface area contributed by atoms with Crippen LogP contribution in [0.15, 0.2) is 54.6 Å². The van der Waals surface area contributed by atoms with Gasteiger partial charge in [-0.2, -0.15) is 0 Å². The van der Waals surface area contributed by atoms with Crippen LogP contribution in [-0.4, -0.2) is 18.5 Å². The van der Waals surface area contributed by atoms with Gasteiger partial charge in [-0.3, -0.25) is 0 Å². The van der Waals surface area contributed by atoms with Crippen LogP contribution in [0.5, 0.6) is 0 Å². The lowest BCUT2D eigenvalue weighted by atomic mass is 10.0. The zero-order valence-electron chi connectivity index (χ0n) is 13.5. The Bertz CT molecular complexity index is 513. The van der Waals surface area contributed by atoms with E-state index in [1.807, 2.05) is 0 Å². The molecule has 0 unspecified atom stereocenters. The van der Waals surface area contributed by atoms with Gasteiger partial charge in [0.15, 0.2) is 0 Å². The van der Waals surface area contributed by atoms with Gasteiger partial charge in [0.1, 0.15) is 0 Å². The Hall–Kier alpha value is -1.60. The molecule has 2 aromatic carbocycles. The summed E-state index contributed by atoms with van der Waals surface area (Å²) in [5.74, 6) is 0.809. The molecule has 2 aromatic rings. The van der Waals surface area contributed by atoms with Crippen molar-refractivity contribution in [2.45, 2.75) is 33.2 Å². The second kappa shape index (κ2) is 7.99. The van der Waals surface area contributed by atoms with Crippen LogP contribution < -0.4 is 0 Å². The largest absolute Gasteiger partial charge is 0.302 e. The fraction of sp³-hybridized carbons (Fsp3) is 0.400. The van der Waals surface area contributed by atoms with Crippen LogP contribution >= 0.6 is 0 Å². The smallest absolute Gasteiger partial charge is 0.0230 e. The molecule has 0 saturated carbocycles. The van der Waals surface area contributed by atoms with Crippen LogP contribution in [0.1, 0.15) is 32.3 Å². The Morgan fingerprint density at radius 2 is 1.48 bits per heavy atom. The summed E-state index contributed by atoms with van der Waals surface area (Å²) in [4.78, 5) is 2.42. The third kappa shape index (κ3) is 5.35. The van der Waals surface area contributed by atoms with Crippen molar-refractivity contribution in [1.82, 2.24) is 4.90 Å². The lowest BCUT2D eigenvalue weighted by Gasteiger charge is -2.17. The van der Waals surface area contributed by atoms with Gasteiger partial charge in [-0.05, 0) is 49.0 Å². The molecule has 0 fully saturated rings. The Morgan fingerprint density at radius 1 is 0.857 bits per heavy atom. The molecule has 2 rings (SSSR count). The van der Waals surface area contributed by atoms with Gasteiger partial charge in [0.05, 0.1) is 0 Å². The fourth-order valence-corrected chi connectivity index (χ4v) is 2.59. The van der Waals surface area contributed by atoms with Crippen molar-refractivity contribution in [2.75, 3.05) is 13.6 Å². The van der Waals surface area contributed by atoms with E-state index in [4.69, 9.17) is 0 Å².